The van der Waals surface area contributed by atoms with E-state index in [1.807, 2.05) is 0 Å². The van der Waals surface area contributed by atoms with Gasteiger partial charge in [-0.15, -0.1) is 0 Å². The van der Waals surface area contributed by atoms with Crippen LogP contribution in [0.5, 0.6) is 6.01 Å². The Morgan fingerprint density at radius 1 is 1.21 bits per heavy atom. The van der Waals surface area contributed by atoms with Crippen molar-refractivity contribution in [2.45, 2.75) is 11.8 Å². The number of amides is 2. The molecule has 0 aliphatic rings. The molecule has 2 amide bonds. The van der Waals surface area contributed by atoms with Crippen molar-refractivity contribution >= 4 is 33.9 Å². The van der Waals surface area contributed by atoms with Crippen LogP contribution in [-0.2, 0) is 21.8 Å². The van der Waals surface area contributed by atoms with Gasteiger partial charge < -0.3 is 19.4 Å². The van der Waals surface area contributed by atoms with Crippen LogP contribution in [0, 0.1) is 0 Å². The second-order valence-corrected chi connectivity index (χ2v) is 6.79. The van der Waals surface area contributed by atoms with Crippen molar-refractivity contribution in [2.75, 3.05) is 31.4 Å². The van der Waals surface area contributed by atoms with E-state index in [-0.39, 0.29) is 30.2 Å². The van der Waals surface area contributed by atoms with Crippen LogP contribution in [0.1, 0.15) is 17.4 Å². The summed E-state index contributed by atoms with van der Waals surface area (Å²) in [6.07, 6.45) is 1.35. The van der Waals surface area contributed by atoms with Crippen molar-refractivity contribution in [1.82, 2.24) is 24.2 Å². The molecule has 2 aromatic rings. The molecule has 0 aliphatic carbocycles. The third-order valence-corrected chi connectivity index (χ3v) is 4.63. The minimum atomic E-state index is -4.38. The fourth-order valence-corrected chi connectivity index (χ4v) is 3.21. The fraction of sp³-hybridized carbons (Fsp3) is 0.357. The van der Waals surface area contributed by atoms with Gasteiger partial charge in [0.1, 0.15) is 10.6 Å². The maximum Gasteiger partial charge on any atom is 0.356 e. The molecular weight excluding hydrogens is 394 g/mol. The zero-order valence-corrected chi connectivity index (χ0v) is 16.3. The Bertz CT molecular complexity index is 988. The molecule has 3 N–H and O–H groups in total. The number of carbonyl (C=O) groups is 2. The molecule has 0 unspecified atom stereocenters. The van der Waals surface area contributed by atoms with Crippen LogP contribution < -0.4 is 20.1 Å². The highest BCUT2D eigenvalue weighted by Crippen LogP contribution is 2.18. The van der Waals surface area contributed by atoms with E-state index >= 15 is 0 Å². The molecule has 2 rings (SSSR count). The molecule has 2 aromatic heterocycles. The highest BCUT2D eigenvalue weighted by atomic mass is 32.2. The predicted octanol–water partition coefficient (Wildman–Crippen LogP) is -0.0525. The van der Waals surface area contributed by atoms with E-state index < -0.39 is 26.9 Å². The number of hydrogen-bond donors (Lipinski definition) is 3. The normalized spacial score (nSPS) is 10.9. The van der Waals surface area contributed by atoms with Crippen LogP contribution in [0.3, 0.4) is 0 Å². The minimum absolute atomic E-state index is 0.0592. The number of nitrogens with zero attached hydrogens (tertiary/aromatic N) is 4. The predicted molar refractivity (Wildman–Crippen MR) is 96.6 cm³/mol. The SMILES string of the molecule is CCOc1nc(NC)nc(NC(=O)NS(=O)(=O)c2ccn(C)c2C(=O)OC)n1. The van der Waals surface area contributed by atoms with E-state index in [0.717, 1.165) is 13.2 Å². The zero-order valence-electron chi connectivity index (χ0n) is 15.5. The summed E-state index contributed by atoms with van der Waals surface area (Å²) in [7, 11) is -0.262. The molecule has 0 saturated carbocycles. The monoisotopic (exact) mass is 413 g/mol. The number of aromatic nitrogens is 4. The van der Waals surface area contributed by atoms with Gasteiger partial charge in [0.2, 0.25) is 11.9 Å². The molecule has 0 spiro atoms. The maximum absolute atomic E-state index is 12.5. The first-order valence-corrected chi connectivity index (χ1v) is 9.34. The Hall–Kier alpha value is -3.42. The van der Waals surface area contributed by atoms with Crippen LogP contribution in [0.4, 0.5) is 16.7 Å². The lowest BCUT2D eigenvalue weighted by Crippen LogP contribution is -2.35. The van der Waals surface area contributed by atoms with Gasteiger partial charge in [0.25, 0.3) is 10.0 Å². The van der Waals surface area contributed by atoms with Crippen LogP contribution >= 0.6 is 0 Å². The van der Waals surface area contributed by atoms with Crippen molar-refractivity contribution in [3.63, 3.8) is 0 Å². The van der Waals surface area contributed by atoms with E-state index in [2.05, 4.69) is 30.3 Å². The van der Waals surface area contributed by atoms with Gasteiger partial charge in [0.05, 0.1) is 13.7 Å². The molecule has 0 radical (unpaired) electrons. The number of anilines is 2. The van der Waals surface area contributed by atoms with Crippen molar-refractivity contribution in [3.05, 3.63) is 18.0 Å². The highest BCUT2D eigenvalue weighted by molar-refractivity contribution is 7.90. The molecule has 0 atom stereocenters. The Labute approximate surface area is 160 Å². The Balaban J connectivity index is 2.23. The molecule has 13 nitrogen and oxygen atoms in total. The topological polar surface area (TPSA) is 166 Å². The molecule has 14 heteroatoms. The summed E-state index contributed by atoms with van der Waals surface area (Å²) in [5, 5.41) is 4.83. The van der Waals surface area contributed by atoms with Gasteiger partial charge in [-0.05, 0) is 13.0 Å². The molecule has 152 valence electrons. The minimum Gasteiger partial charge on any atom is -0.464 e. The van der Waals surface area contributed by atoms with Crippen LogP contribution in [-0.4, -0.2) is 60.7 Å². The van der Waals surface area contributed by atoms with E-state index in [0.29, 0.717) is 0 Å². The van der Waals surface area contributed by atoms with Gasteiger partial charge >= 0.3 is 18.0 Å². The lowest BCUT2D eigenvalue weighted by atomic mass is 10.4. The van der Waals surface area contributed by atoms with Gasteiger partial charge in [-0.3, -0.25) is 5.32 Å². The molecule has 0 saturated heterocycles. The largest absolute Gasteiger partial charge is 0.464 e. The lowest BCUT2D eigenvalue weighted by molar-refractivity contribution is 0.0585. The Morgan fingerprint density at radius 2 is 1.89 bits per heavy atom. The lowest BCUT2D eigenvalue weighted by Gasteiger charge is -2.10. The van der Waals surface area contributed by atoms with Crippen molar-refractivity contribution in [1.29, 1.82) is 0 Å². The number of nitrogens with one attached hydrogen (secondary N) is 3. The first-order valence-electron chi connectivity index (χ1n) is 7.85. The van der Waals surface area contributed by atoms with Crippen LogP contribution in [0.2, 0.25) is 0 Å². The third-order valence-electron chi connectivity index (χ3n) is 3.27. The molecular formula is C14H19N7O6S. The number of esters is 1. The zero-order chi connectivity index (χ0) is 20.9. The number of methoxy groups -OCH3 is 1. The second-order valence-electron chi connectivity index (χ2n) is 5.14. The van der Waals surface area contributed by atoms with Crippen LogP contribution in [0.25, 0.3) is 0 Å². The van der Waals surface area contributed by atoms with Gasteiger partial charge in [-0.25, -0.2) is 22.7 Å². The third kappa shape index (κ3) is 4.64. The van der Waals surface area contributed by atoms with E-state index in [9.17, 15) is 18.0 Å². The molecule has 28 heavy (non-hydrogen) atoms. The summed E-state index contributed by atoms with van der Waals surface area (Å²) in [6.45, 7) is 1.99. The molecule has 0 aliphatic heterocycles. The van der Waals surface area contributed by atoms with Gasteiger partial charge in [-0.2, -0.15) is 15.0 Å². The van der Waals surface area contributed by atoms with Gasteiger partial charge in [0.15, 0.2) is 0 Å². The summed E-state index contributed by atoms with van der Waals surface area (Å²) < 4.78 is 37.8. The van der Waals surface area contributed by atoms with Crippen molar-refractivity contribution in [3.8, 4) is 6.01 Å². The van der Waals surface area contributed by atoms with E-state index in [4.69, 9.17) is 4.74 Å². The summed E-state index contributed by atoms with van der Waals surface area (Å²) in [4.78, 5) is 35.2. The number of urea groups is 1. The number of carbonyl (C=O) groups excluding carboxylic acids is 2. The molecule has 0 aromatic carbocycles. The fourth-order valence-electron chi connectivity index (χ4n) is 2.09. The Kier molecular flexibility index (Phi) is 6.35. The summed E-state index contributed by atoms with van der Waals surface area (Å²) in [5.74, 6) is -1.00. The average Bonchev–Trinajstić information content (AvgIpc) is 3.03. The first-order chi connectivity index (χ1) is 13.2. The van der Waals surface area contributed by atoms with Crippen LogP contribution in [0.15, 0.2) is 17.2 Å². The molecule has 2 heterocycles. The number of aryl methyl sites for hydroxylation is 1. The van der Waals surface area contributed by atoms with Crippen molar-refractivity contribution < 1.29 is 27.5 Å². The van der Waals surface area contributed by atoms with Gasteiger partial charge in [0, 0.05) is 20.3 Å². The highest BCUT2D eigenvalue weighted by Gasteiger charge is 2.28. The average molecular weight is 413 g/mol. The standard InChI is InChI=1S/C14H19N7O6S/c1-5-27-14-18-11(15-2)16-12(19-14)17-13(23)20-28(24,25)8-6-7-21(3)9(8)10(22)26-4/h6-7H,5H2,1-4H3,(H3,15,16,17,18,19,20,23). The maximum atomic E-state index is 12.5. The number of sulfonamides is 1. The smallest absolute Gasteiger partial charge is 0.356 e. The summed E-state index contributed by atoms with van der Waals surface area (Å²) in [6, 6.07) is -0.0386. The quantitative estimate of drug-likeness (QED) is 0.523. The summed E-state index contributed by atoms with van der Waals surface area (Å²) in [5.41, 5.74) is -0.237. The van der Waals surface area contributed by atoms with Crippen molar-refractivity contribution in [2.24, 2.45) is 7.05 Å². The van der Waals surface area contributed by atoms with E-state index in [1.165, 1.54) is 17.8 Å². The Morgan fingerprint density at radius 3 is 2.50 bits per heavy atom. The number of hydrogen-bond acceptors (Lipinski definition) is 10. The first kappa shape index (κ1) is 20.9. The molecule has 0 fully saturated rings. The summed E-state index contributed by atoms with van der Waals surface area (Å²) >= 11 is 0. The van der Waals surface area contributed by atoms with Gasteiger partial charge in [-0.1, -0.05) is 0 Å². The number of ether oxygens (including phenoxy) is 2. The molecule has 0 bridgehead atoms. The number of rotatable bonds is 7. The second kappa shape index (κ2) is 8.51. The van der Waals surface area contributed by atoms with E-state index in [1.54, 1.807) is 18.7 Å².